The van der Waals surface area contributed by atoms with Crippen molar-refractivity contribution >= 4 is 11.0 Å². The molecule has 5 nitrogen and oxygen atoms in total. The molecule has 2 aromatic carbocycles. The van der Waals surface area contributed by atoms with Gasteiger partial charge in [-0.15, -0.1) is 0 Å². The summed E-state index contributed by atoms with van der Waals surface area (Å²) in [4.78, 5) is 8.17. The van der Waals surface area contributed by atoms with E-state index < -0.39 is 0 Å². The van der Waals surface area contributed by atoms with E-state index in [1.165, 1.54) is 16.7 Å². The standard InChI is InChI=1S/C21H25N3O2/c1-13-5-7-17-21(14(13)2)24-20(23-17)12-22-15(3)16-6-8-18-19(11-16)26-10-4-9-25-18/h5-8,11,15,22H,4,9-10,12H2,1-3H3,(H,23,24)/t15-/m1/s1. The fraction of sp³-hybridized carbons (Fsp3) is 0.381. The van der Waals surface area contributed by atoms with Crippen LogP contribution < -0.4 is 14.8 Å². The van der Waals surface area contributed by atoms with Crippen LogP contribution in [0.25, 0.3) is 11.0 Å². The highest BCUT2D eigenvalue weighted by molar-refractivity contribution is 5.79. The second-order valence-electron chi connectivity index (χ2n) is 6.95. The molecule has 1 aromatic heterocycles. The molecule has 3 aromatic rings. The number of aryl methyl sites for hydroxylation is 2. The quantitative estimate of drug-likeness (QED) is 0.740. The van der Waals surface area contributed by atoms with Crippen LogP contribution in [-0.2, 0) is 6.54 Å². The summed E-state index contributed by atoms with van der Waals surface area (Å²) in [5.41, 5.74) is 5.83. The minimum atomic E-state index is 0.184. The lowest BCUT2D eigenvalue weighted by atomic mass is 10.1. The van der Waals surface area contributed by atoms with E-state index >= 15 is 0 Å². The van der Waals surface area contributed by atoms with Crippen LogP contribution in [0.2, 0.25) is 0 Å². The molecule has 2 N–H and O–H groups in total. The van der Waals surface area contributed by atoms with Crippen LogP contribution in [0.5, 0.6) is 11.5 Å². The van der Waals surface area contributed by atoms with E-state index in [4.69, 9.17) is 14.5 Å². The Bertz CT molecular complexity index is 932. The minimum Gasteiger partial charge on any atom is -0.490 e. The molecule has 0 saturated carbocycles. The van der Waals surface area contributed by atoms with Crippen molar-refractivity contribution in [2.75, 3.05) is 13.2 Å². The molecule has 0 spiro atoms. The maximum Gasteiger partial charge on any atom is 0.161 e. The number of H-pyrrole nitrogens is 1. The number of rotatable bonds is 4. The zero-order valence-electron chi connectivity index (χ0n) is 15.6. The number of imidazole rings is 1. The molecular weight excluding hydrogens is 326 g/mol. The van der Waals surface area contributed by atoms with Gasteiger partial charge in [0.25, 0.3) is 0 Å². The summed E-state index contributed by atoms with van der Waals surface area (Å²) in [6.45, 7) is 8.49. The van der Waals surface area contributed by atoms with Crippen molar-refractivity contribution in [3.63, 3.8) is 0 Å². The first kappa shape index (κ1) is 16.9. The summed E-state index contributed by atoms with van der Waals surface area (Å²) in [6.07, 6.45) is 0.919. The van der Waals surface area contributed by atoms with E-state index in [0.29, 0.717) is 19.8 Å². The summed E-state index contributed by atoms with van der Waals surface area (Å²) >= 11 is 0. The maximum atomic E-state index is 5.80. The van der Waals surface area contributed by atoms with Gasteiger partial charge in [-0.2, -0.15) is 0 Å². The molecule has 26 heavy (non-hydrogen) atoms. The molecule has 0 amide bonds. The largest absolute Gasteiger partial charge is 0.490 e. The molecule has 0 aliphatic carbocycles. The van der Waals surface area contributed by atoms with Crippen molar-refractivity contribution in [3.05, 3.63) is 52.8 Å². The molecule has 0 radical (unpaired) electrons. The Morgan fingerprint density at radius 1 is 1.12 bits per heavy atom. The molecule has 0 unspecified atom stereocenters. The van der Waals surface area contributed by atoms with Crippen molar-refractivity contribution in [2.45, 2.75) is 39.8 Å². The van der Waals surface area contributed by atoms with Crippen molar-refractivity contribution in [3.8, 4) is 11.5 Å². The Morgan fingerprint density at radius 3 is 2.77 bits per heavy atom. The summed E-state index contributed by atoms with van der Waals surface area (Å²) < 4.78 is 11.5. The second-order valence-corrected chi connectivity index (χ2v) is 6.95. The van der Waals surface area contributed by atoms with Gasteiger partial charge in [0.1, 0.15) is 5.82 Å². The van der Waals surface area contributed by atoms with E-state index in [1.807, 2.05) is 6.07 Å². The average molecular weight is 351 g/mol. The van der Waals surface area contributed by atoms with E-state index in [0.717, 1.165) is 34.8 Å². The number of aromatic amines is 1. The predicted molar refractivity (Wildman–Crippen MR) is 103 cm³/mol. The molecule has 0 saturated heterocycles. The zero-order valence-corrected chi connectivity index (χ0v) is 15.6. The maximum absolute atomic E-state index is 5.80. The zero-order chi connectivity index (χ0) is 18.1. The molecule has 2 heterocycles. The van der Waals surface area contributed by atoms with Crippen molar-refractivity contribution in [2.24, 2.45) is 0 Å². The van der Waals surface area contributed by atoms with Crippen LogP contribution >= 0.6 is 0 Å². The van der Waals surface area contributed by atoms with Crippen LogP contribution in [0.4, 0.5) is 0 Å². The molecule has 1 aliphatic rings. The third-order valence-electron chi connectivity index (χ3n) is 5.07. The monoisotopic (exact) mass is 351 g/mol. The van der Waals surface area contributed by atoms with Gasteiger partial charge in [0, 0.05) is 12.5 Å². The Balaban J connectivity index is 1.48. The lowest BCUT2D eigenvalue weighted by Crippen LogP contribution is -2.18. The highest BCUT2D eigenvalue weighted by atomic mass is 16.5. The van der Waals surface area contributed by atoms with E-state index in [-0.39, 0.29) is 6.04 Å². The number of ether oxygens (including phenoxy) is 2. The normalized spacial score (nSPS) is 15.0. The Labute approximate surface area is 153 Å². The fourth-order valence-corrected chi connectivity index (χ4v) is 3.26. The number of aromatic nitrogens is 2. The third-order valence-corrected chi connectivity index (χ3v) is 5.07. The Kier molecular flexibility index (Phi) is 4.55. The SMILES string of the molecule is Cc1ccc2[nH]c(CN[C@H](C)c3ccc4c(c3)OCCCO4)nc2c1C. The number of hydrogen-bond donors (Lipinski definition) is 2. The molecule has 1 atom stereocenters. The van der Waals surface area contributed by atoms with Crippen LogP contribution in [-0.4, -0.2) is 23.2 Å². The lowest BCUT2D eigenvalue weighted by molar-refractivity contribution is 0.297. The fourth-order valence-electron chi connectivity index (χ4n) is 3.26. The van der Waals surface area contributed by atoms with Crippen LogP contribution in [0.1, 0.15) is 41.9 Å². The third kappa shape index (κ3) is 3.27. The Morgan fingerprint density at radius 2 is 1.92 bits per heavy atom. The number of nitrogens with one attached hydrogen (secondary N) is 2. The lowest BCUT2D eigenvalue weighted by Gasteiger charge is -2.15. The van der Waals surface area contributed by atoms with Crippen molar-refractivity contribution in [1.82, 2.24) is 15.3 Å². The van der Waals surface area contributed by atoms with Crippen molar-refractivity contribution in [1.29, 1.82) is 0 Å². The molecule has 0 bridgehead atoms. The number of nitrogens with zero attached hydrogens (tertiary/aromatic N) is 1. The van der Waals surface area contributed by atoms with Gasteiger partial charge in [0.05, 0.1) is 30.8 Å². The molecular formula is C21H25N3O2. The van der Waals surface area contributed by atoms with Gasteiger partial charge in [0.15, 0.2) is 11.5 Å². The van der Waals surface area contributed by atoms with Gasteiger partial charge in [0.2, 0.25) is 0 Å². The molecule has 1 aliphatic heterocycles. The minimum absolute atomic E-state index is 0.184. The number of benzene rings is 2. The predicted octanol–water partition coefficient (Wildman–Crippen LogP) is 4.19. The molecule has 0 fully saturated rings. The van der Waals surface area contributed by atoms with Crippen LogP contribution in [0.3, 0.4) is 0 Å². The molecule has 136 valence electrons. The number of fused-ring (bicyclic) bond motifs is 2. The molecule has 4 rings (SSSR count). The highest BCUT2D eigenvalue weighted by Crippen LogP contribution is 2.32. The van der Waals surface area contributed by atoms with Gasteiger partial charge < -0.3 is 19.8 Å². The van der Waals surface area contributed by atoms with E-state index in [9.17, 15) is 0 Å². The van der Waals surface area contributed by atoms with Gasteiger partial charge in [-0.25, -0.2) is 4.98 Å². The first-order valence-corrected chi connectivity index (χ1v) is 9.19. The number of hydrogen-bond acceptors (Lipinski definition) is 4. The molecule has 5 heteroatoms. The summed E-state index contributed by atoms with van der Waals surface area (Å²) in [6, 6.07) is 10.6. The second kappa shape index (κ2) is 7.00. The van der Waals surface area contributed by atoms with Gasteiger partial charge in [-0.05, 0) is 55.7 Å². The smallest absolute Gasteiger partial charge is 0.161 e. The van der Waals surface area contributed by atoms with E-state index in [1.54, 1.807) is 0 Å². The summed E-state index contributed by atoms with van der Waals surface area (Å²) in [5, 5.41) is 3.54. The average Bonchev–Trinajstić information content (AvgIpc) is 2.92. The van der Waals surface area contributed by atoms with Crippen LogP contribution in [0.15, 0.2) is 30.3 Å². The van der Waals surface area contributed by atoms with Gasteiger partial charge in [-0.3, -0.25) is 0 Å². The van der Waals surface area contributed by atoms with Gasteiger partial charge in [-0.1, -0.05) is 12.1 Å². The van der Waals surface area contributed by atoms with Gasteiger partial charge >= 0.3 is 0 Å². The van der Waals surface area contributed by atoms with E-state index in [2.05, 4.69) is 55.3 Å². The first-order chi connectivity index (χ1) is 12.6. The summed E-state index contributed by atoms with van der Waals surface area (Å²) in [5.74, 6) is 2.62. The topological polar surface area (TPSA) is 59.2 Å². The first-order valence-electron chi connectivity index (χ1n) is 9.19. The highest BCUT2D eigenvalue weighted by Gasteiger charge is 2.14. The van der Waals surface area contributed by atoms with Crippen molar-refractivity contribution < 1.29 is 9.47 Å². The van der Waals surface area contributed by atoms with Crippen LogP contribution in [0, 0.1) is 13.8 Å². The Hall–Kier alpha value is -2.53. The summed E-state index contributed by atoms with van der Waals surface area (Å²) in [7, 11) is 0.